The smallest absolute Gasteiger partial charge is 0.0544 e. The normalized spacial score (nSPS) is 11.2. The summed E-state index contributed by atoms with van der Waals surface area (Å²) in [6, 6.07) is 24.4. The number of nitrogens with zero attached hydrogens (tertiary/aromatic N) is 6. The molecule has 0 aliphatic rings. The predicted octanol–water partition coefficient (Wildman–Crippen LogP) is 4.01. The molecule has 6 nitrogen and oxygen atoms in total. The molecule has 33 heavy (non-hydrogen) atoms. The van der Waals surface area contributed by atoms with E-state index in [1.54, 1.807) is 0 Å². The van der Waals surface area contributed by atoms with E-state index in [-0.39, 0.29) is 0 Å². The van der Waals surface area contributed by atoms with Gasteiger partial charge in [-0.2, -0.15) is 0 Å². The first-order valence-corrected chi connectivity index (χ1v) is 11.4. The summed E-state index contributed by atoms with van der Waals surface area (Å²) in [7, 11) is 0. The first-order valence-electron chi connectivity index (χ1n) is 11.4. The Morgan fingerprint density at radius 2 is 0.818 bits per heavy atom. The number of rotatable bonds is 12. The molecule has 0 aromatic carbocycles. The summed E-state index contributed by atoms with van der Waals surface area (Å²) >= 11 is 0. The molecule has 0 N–H and O–H groups in total. The van der Waals surface area contributed by atoms with Gasteiger partial charge in [-0.1, -0.05) is 24.3 Å². The maximum absolute atomic E-state index is 4.55. The van der Waals surface area contributed by atoms with E-state index in [4.69, 9.17) is 0 Å². The van der Waals surface area contributed by atoms with Gasteiger partial charge in [-0.05, 0) is 48.5 Å². The molecule has 0 saturated carbocycles. The van der Waals surface area contributed by atoms with Gasteiger partial charge in [-0.3, -0.25) is 29.7 Å². The van der Waals surface area contributed by atoms with Crippen LogP contribution in [0.2, 0.25) is 0 Å². The highest BCUT2D eigenvalue weighted by molar-refractivity contribution is 5.07. The van der Waals surface area contributed by atoms with Crippen molar-refractivity contribution in [3.05, 3.63) is 120 Å². The van der Waals surface area contributed by atoms with Crippen molar-refractivity contribution in [2.45, 2.75) is 26.1 Å². The van der Waals surface area contributed by atoms with Gasteiger partial charge in [0.05, 0.1) is 17.1 Å². The van der Waals surface area contributed by atoms with Crippen molar-refractivity contribution in [1.82, 2.24) is 29.7 Å². The molecule has 0 unspecified atom stereocenters. The molecule has 0 bridgehead atoms. The van der Waals surface area contributed by atoms with Crippen LogP contribution in [0.15, 0.2) is 97.6 Å². The Morgan fingerprint density at radius 3 is 1.24 bits per heavy atom. The molecule has 6 heteroatoms. The van der Waals surface area contributed by atoms with Crippen molar-refractivity contribution < 1.29 is 0 Å². The molecule has 0 fully saturated rings. The van der Waals surface area contributed by atoms with Gasteiger partial charge >= 0.3 is 0 Å². The number of aromatic nitrogens is 4. The highest BCUT2D eigenvalue weighted by Gasteiger charge is 2.13. The van der Waals surface area contributed by atoms with Gasteiger partial charge in [0.25, 0.3) is 0 Å². The number of hydrogen-bond donors (Lipinski definition) is 0. The molecular formula is C27H30N6. The molecule has 0 aliphatic heterocycles. The molecule has 0 radical (unpaired) electrons. The zero-order valence-electron chi connectivity index (χ0n) is 18.9. The lowest BCUT2D eigenvalue weighted by Crippen LogP contribution is -2.36. The zero-order chi connectivity index (χ0) is 22.6. The average molecular weight is 439 g/mol. The third kappa shape index (κ3) is 7.86. The Kier molecular flexibility index (Phi) is 8.62. The minimum atomic E-state index is 0.787. The Hall–Kier alpha value is -3.48. The van der Waals surface area contributed by atoms with Crippen LogP contribution in [-0.2, 0) is 26.1 Å². The summed E-state index contributed by atoms with van der Waals surface area (Å²) in [5, 5.41) is 0. The highest BCUT2D eigenvalue weighted by Crippen LogP contribution is 2.09. The number of hydrogen-bond acceptors (Lipinski definition) is 6. The molecule has 0 saturated heterocycles. The zero-order valence-corrected chi connectivity index (χ0v) is 18.9. The van der Waals surface area contributed by atoms with Crippen LogP contribution >= 0.6 is 0 Å². The highest BCUT2D eigenvalue weighted by atomic mass is 15.2. The number of pyridine rings is 4. The van der Waals surface area contributed by atoms with Crippen LogP contribution < -0.4 is 0 Å². The minimum Gasteiger partial charge on any atom is -0.296 e. The van der Waals surface area contributed by atoms with Crippen molar-refractivity contribution >= 4 is 0 Å². The molecule has 0 aliphatic carbocycles. The Morgan fingerprint density at radius 1 is 0.424 bits per heavy atom. The van der Waals surface area contributed by atoms with Crippen molar-refractivity contribution in [2.24, 2.45) is 0 Å². The van der Waals surface area contributed by atoms with Crippen LogP contribution in [0.4, 0.5) is 0 Å². The van der Waals surface area contributed by atoms with E-state index in [2.05, 4.69) is 54.0 Å². The Balaban J connectivity index is 1.43. The molecule has 0 atom stereocenters. The molecule has 0 spiro atoms. The lowest BCUT2D eigenvalue weighted by Gasteiger charge is -2.27. The monoisotopic (exact) mass is 438 g/mol. The summed E-state index contributed by atoms with van der Waals surface area (Å²) < 4.78 is 0. The third-order valence-corrected chi connectivity index (χ3v) is 5.48. The molecule has 4 rings (SSSR count). The van der Waals surface area contributed by atoms with Crippen molar-refractivity contribution in [3.8, 4) is 0 Å². The van der Waals surface area contributed by atoms with Gasteiger partial charge in [0.2, 0.25) is 0 Å². The summed E-state index contributed by atoms with van der Waals surface area (Å²) in [5.41, 5.74) is 4.33. The van der Waals surface area contributed by atoms with E-state index in [1.807, 2.05) is 73.3 Å². The maximum atomic E-state index is 4.55. The topological polar surface area (TPSA) is 58.0 Å². The molecule has 0 amide bonds. The van der Waals surface area contributed by atoms with Crippen LogP contribution in [0.3, 0.4) is 0 Å². The molecule has 4 aromatic heterocycles. The van der Waals surface area contributed by atoms with Crippen LogP contribution in [0.5, 0.6) is 0 Å². The van der Waals surface area contributed by atoms with E-state index in [9.17, 15) is 0 Å². The fourth-order valence-electron chi connectivity index (χ4n) is 3.75. The third-order valence-electron chi connectivity index (χ3n) is 5.48. The first kappa shape index (κ1) is 22.7. The fraction of sp³-hybridized carbons (Fsp3) is 0.259. The standard InChI is InChI=1S/C27H30N6/c1-5-14-28-24(9-1)13-18-32(21-25-10-2-6-15-29-25)19-20-33(22-26-11-3-7-16-30-26)23-27-12-4-8-17-31-27/h1-12,14-17H,13,18-23H2. The molecule has 4 aromatic rings. The van der Waals surface area contributed by atoms with Gasteiger partial charge in [0.15, 0.2) is 0 Å². The Labute approximate surface area is 196 Å². The van der Waals surface area contributed by atoms with E-state index in [1.165, 1.54) is 0 Å². The predicted molar refractivity (Wildman–Crippen MR) is 130 cm³/mol. The average Bonchev–Trinajstić information content (AvgIpc) is 2.88. The van der Waals surface area contributed by atoms with Gasteiger partial charge < -0.3 is 0 Å². The van der Waals surface area contributed by atoms with E-state index in [0.717, 1.165) is 68.5 Å². The van der Waals surface area contributed by atoms with Crippen molar-refractivity contribution in [2.75, 3.05) is 19.6 Å². The van der Waals surface area contributed by atoms with Crippen LogP contribution in [0.25, 0.3) is 0 Å². The summed E-state index contributed by atoms with van der Waals surface area (Å²) in [4.78, 5) is 23.0. The van der Waals surface area contributed by atoms with Crippen LogP contribution in [0.1, 0.15) is 22.8 Å². The van der Waals surface area contributed by atoms with Gasteiger partial charge in [-0.25, -0.2) is 0 Å². The van der Waals surface area contributed by atoms with Crippen molar-refractivity contribution in [1.29, 1.82) is 0 Å². The maximum Gasteiger partial charge on any atom is 0.0544 e. The second kappa shape index (κ2) is 12.5. The van der Waals surface area contributed by atoms with Crippen LogP contribution in [-0.4, -0.2) is 49.4 Å². The summed E-state index contributed by atoms with van der Waals surface area (Å²) in [6.07, 6.45) is 8.35. The second-order valence-corrected chi connectivity index (χ2v) is 8.02. The van der Waals surface area contributed by atoms with Gasteiger partial charge in [0.1, 0.15) is 0 Å². The van der Waals surface area contributed by atoms with E-state index >= 15 is 0 Å². The molecular weight excluding hydrogens is 408 g/mol. The fourth-order valence-corrected chi connectivity index (χ4v) is 3.75. The molecule has 4 heterocycles. The first-order chi connectivity index (χ1) is 16.3. The van der Waals surface area contributed by atoms with Gasteiger partial charge in [-0.15, -0.1) is 0 Å². The second-order valence-electron chi connectivity index (χ2n) is 8.02. The van der Waals surface area contributed by atoms with E-state index < -0.39 is 0 Å². The lowest BCUT2D eigenvalue weighted by atomic mass is 10.2. The minimum absolute atomic E-state index is 0.787. The van der Waals surface area contributed by atoms with Gasteiger partial charge in [0, 0.05) is 76.2 Å². The van der Waals surface area contributed by atoms with Crippen LogP contribution in [0, 0.1) is 0 Å². The SMILES string of the molecule is c1ccc(CCN(CCN(Cc2ccccn2)Cc2ccccn2)Cc2ccccn2)nc1. The van der Waals surface area contributed by atoms with E-state index in [0.29, 0.717) is 0 Å². The summed E-state index contributed by atoms with van der Waals surface area (Å²) in [5.74, 6) is 0. The summed E-state index contributed by atoms with van der Waals surface area (Å²) in [6.45, 7) is 5.14. The largest absolute Gasteiger partial charge is 0.296 e. The quantitative estimate of drug-likeness (QED) is 0.333. The molecule has 168 valence electrons. The Bertz CT molecular complexity index is 1000. The lowest BCUT2D eigenvalue weighted by molar-refractivity contribution is 0.185. The van der Waals surface area contributed by atoms with Crippen molar-refractivity contribution in [3.63, 3.8) is 0 Å².